The number of ether oxygens (including phenoxy) is 1. The van der Waals surface area contributed by atoms with Crippen molar-refractivity contribution in [3.63, 3.8) is 0 Å². The molecular weight excluding hydrogens is 349 g/mol. The predicted octanol–water partition coefficient (Wildman–Crippen LogP) is 3.17. The fraction of sp³-hybridized carbons (Fsp3) is 0.0714. The molecule has 114 valence electrons. The van der Waals surface area contributed by atoms with Crippen LogP contribution in [0.5, 0.6) is 0 Å². The topological polar surface area (TPSA) is 72.5 Å². The molecule has 0 radical (unpaired) electrons. The van der Waals surface area contributed by atoms with Gasteiger partial charge in [-0.1, -0.05) is 29.3 Å². The van der Waals surface area contributed by atoms with Gasteiger partial charge >= 0.3 is 5.97 Å². The van der Waals surface area contributed by atoms with Crippen LogP contribution in [0.1, 0.15) is 20.0 Å². The van der Waals surface area contributed by atoms with E-state index in [0.717, 1.165) is 0 Å². The van der Waals surface area contributed by atoms with Gasteiger partial charge in [0, 0.05) is 10.0 Å². The Balaban J connectivity index is 1.88. The monoisotopic (exact) mass is 357 g/mol. The average molecular weight is 358 g/mol. The molecule has 1 aromatic carbocycles. The van der Waals surface area contributed by atoms with Gasteiger partial charge in [-0.05, 0) is 29.6 Å². The van der Waals surface area contributed by atoms with Crippen LogP contribution in [0.4, 0.5) is 0 Å². The number of hydrogen-bond acceptors (Lipinski definition) is 5. The third-order valence-electron chi connectivity index (χ3n) is 2.43. The Morgan fingerprint density at radius 2 is 1.82 bits per heavy atom. The minimum Gasteiger partial charge on any atom is -0.452 e. The number of halogens is 2. The van der Waals surface area contributed by atoms with Gasteiger partial charge in [-0.2, -0.15) is 0 Å². The van der Waals surface area contributed by atoms with Crippen LogP contribution in [-0.2, 0) is 9.53 Å². The van der Waals surface area contributed by atoms with Crippen LogP contribution in [-0.4, -0.2) is 24.4 Å². The van der Waals surface area contributed by atoms with Gasteiger partial charge in [-0.3, -0.25) is 14.9 Å². The summed E-state index contributed by atoms with van der Waals surface area (Å²) in [7, 11) is 0. The van der Waals surface area contributed by atoms with Crippen LogP contribution in [0.3, 0.4) is 0 Å². The summed E-state index contributed by atoms with van der Waals surface area (Å²) in [5.74, 6) is -2.02. The smallest absolute Gasteiger partial charge is 0.338 e. The first-order chi connectivity index (χ1) is 10.5. The van der Waals surface area contributed by atoms with E-state index in [-0.39, 0.29) is 15.6 Å². The summed E-state index contributed by atoms with van der Waals surface area (Å²) in [6.45, 7) is -0.583. The van der Waals surface area contributed by atoms with Gasteiger partial charge in [-0.25, -0.2) is 4.79 Å². The normalized spacial score (nSPS) is 10.1. The lowest BCUT2D eigenvalue weighted by Gasteiger charge is -2.06. The standard InChI is InChI=1S/C14H9Cl2NO4S/c15-9-4-8(5-10(16)6-9)14(20)21-7-12(18)17-13(19)11-2-1-3-22-11/h1-6H,7H2,(H,17,18,19). The molecule has 0 spiro atoms. The number of amides is 2. The zero-order valence-electron chi connectivity index (χ0n) is 11.0. The van der Waals surface area contributed by atoms with Crippen LogP contribution in [0.25, 0.3) is 0 Å². The number of benzene rings is 1. The summed E-state index contributed by atoms with van der Waals surface area (Å²) in [5.41, 5.74) is 0.120. The average Bonchev–Trinajstić information content (AvgIpc) is 2.98. The fourth-order valence-electron chi connectivity index (χ4n) is 1.52. The maximum absolute atomic E-state index is 11.8. The van der Waals surface area contributed by atoms with Gasteiger partial charge in [0.05, 0.1) is 10.4 Å². The molecule has 5 nitrogen and oxygen atoms in total. The predicted molar refractivity (Wildman–Crippen MR) is 83.5 cm³/mol. The first-order valence-electron chi connectivity index (χ1n) is 5.96. The van der Waals surface area contributed by atoms with E-state index in [1.807, 2.05) is 0 Å². The molecule has 2 aromatic rings. The van der Waals surface area contributed by atoms with Crippen LogP contribution < -0.4 is 5.32 Å². The Morgan fingerprint density at radius 1 is 1.14 bits per heavy atom. The molecule has 1 heterocycles. The molecule has 1 N–H and O–H groups in total. The van der Waals surface area contributed by atoms with Crippen molar-refractivity contribution in [1.29, 1.82) is 0 Å². The minimum absolute atomic E-state index is 0.120. The number of rotatable bonds is 4. The molecule has 0 saturated carbocycles. The lowest BCUT2D eigenvalue weighted by atomic mass is 10.2. The second-order valence-electron chi connectivity index (χ2n) is 4.09. The highest BCUT2D eigenvalue weighted by molar-refractivity contribution is 7.12. The molecule has 0 atom stereocenters. The second-order valence-corrected chi connectivity index (χ2v) is 5.91. The summed E-state index contributed by atoms with van der Waals surface area (Å²) in [6.07, 6.45) is 0. The Labute approximate surface area is 139 Å². The van der Waals surface area contributed by atoms with Crippen molar-refractivity contribution in [3.8, 4) is 0 Å². The molecule has 0 bridgehead atoms. The molecule has 0 aliphatic carbocycles. The number of imide groups is 1. The molecule has 0 unspecified atom stereocenters. The van der Waals surface area contributed by atoms with Gasteiger partial charge in [0.2, 0.25) is 0 Å². The van der Waals surface area contributed by atoms with E-state index >= 15 is 0 Å². The minimum atomic E-state index is -0.761. The number of hydrogen-bond donors (Lipinski definition) is 1. The lowest BCUT2D eigenvalue weighted by Crippen LogP contribution is -2.33. The number of carbonyl (C=O) groups excluding carboxylic acids is 3. The zero-order chi connectivity index (χ0) is 16.1. The molecular formula is C14H9Cl2NO4S. The van der Waals surface area contributed by atoms with E-state index in [9.17, 15) is 14.4 Å². The van der Waals surface area contributed by atoms with E-state index in [4.69, 9.17) is 27.9 Å². The van der Waals surface area contributed by atoms with Crippen LogP contribution >= 0.6 is 34.5 Å². The fourth-order valence-corrected chi connectivity index (χ4v) is 2.66. The van der Waals surface area contributed by atoms with Crippen molar-refractivity contribution in [1.82, 2.24) is 5.32 Å². The first kappa shape index (κ1) is 16.5. The summed E-state index contributed by atoms with van der Waals surface area (Å²) >= 11 is 12.7. The summed E-state index contributed by atoms with van der Waals surface area (Å²) in [5, 5.41) is 4.38. The van der Waals surface area contributed by atoms with Gasteiger partial charge in [-0.15, -0.1) is 11.3 Å². The molecule has 0 fully saturated rings. The van der Waals surface area contributed by atoms with E-state index < -0.39 is 24.4 Å². The van der Waals surface area contributed by atoms with Gasteiger partial charge in [0.25, 0.3) is 11.8 Å². The van der Waals surface area contributed by atoms with Gasteiger partial charge in [0.15, 0.2) is 6.61 Å². The van der Waals surface area contributed by atoms with Crippen LogP contribution in [0.15, 0.2) is 35.7 Å². The van der Waals surface area contributed by atoms with Crippen LogP contribution in [0.2, 0.25) is 10.0 Å². The summed E-state index contributed by atoms with van der Waals surface area (Å²) in [4.78, 5) is 35.3. The quantitative estimate of drug-likeness (QED) is 0.853. The maximum Gasteiger partial charge on any atom is 0.338 e. The van der Waals surface area contributed by atoms with Gasteiger partial charge < -0.3 is 4.74 Å². The molecule has 0 aliphatic rings. The molecule has 0 saturated heterocycles. The second kappa shape index (κ2) is 7.40. The van der Waals surface area contributed by atoms with Gasteiger partial charge in [0.1, 0.15) is 0 Å². The van der Waals surface area contributed by atoms with Crippen molar-refractivity contribution < 1.29 is 19.1 Å². The first-order valence-corrected chi connectivity index (χ1v) is 7.60. The SMILES string of the molecule is O=C(COC(=O)c1cc(Cl)cc(Cl)c1)NC(=O)c1cccs1. The molecule has 1 aromatic heterocycles. The van der Waals surface area contributed by atoms with Crippen LogP contribution in [0, 0.1) is 0 Å². The Morgan fingerprint density at radius 3 is 2.41 bits per heavy atom. The van der Waals surface area contributed by atoms with Crippen molar-refractivity contribution in [2.45, 2.75) is 0 Å². The highest BCUT2D eigenvalue weighted by atomic mass is 35.5. The van der Waals surface area contributed by atoms with E-state index in [1.165, 1.54) is 29.5 Å². The molecule has 2 amide bonds. The third-order valence-corrected chi connectivity index (χ3v) is 3.74. The summed E-state index contributed by atoms with van der Waals surface area (Å²) < 4.78 is 4.80. The Kier molecular flexibility index (Phi) is 5.54. The Hall–Kier alpha value is -1.89. The number of carbonyl (C=O) groups is 3. The number of thiophene rings is 1. The lowest BCUT2D eigenvalue weighted by molar-refractivity contribution is -0.123. The van der Waals surface area contributed by atoms with Crippen molar-refractivity contribution in [2.24, 2.45) is 0 Å². The third kappa shape index (κ3) is 4.56. The molecule has 2 rings (SSSR count). The van der Waals surface area contributed by atoms with Crippen molar-refractivity contribution in [3.05, 3.63) is 56.2 Å². The molecule has 8 heteroatoms. The van der Waals surface area contributed by atoms with Crippen molar-refractivity contribution >= 4 is 52.3 Å². The van der Waals surface area contributed by atoms with E-state index in [0.29, 0.717) is 4.88 Å². The van der Waals surface area contributed by atoms with E-state index in [1.54, 1.807) is 17.5 Å². The molecule has 22 heavy (non-hydrogen) atoms. The van der Waals surface area contributed by atoms with E-state index in [2.05, 4.69) is 5.32 Å². The largest absolute Gasteiger partial charge is 0.452 e. The molecule has 0 aliphatic heterocycles. The Bertz CT molecular complexity index is 695. The summed E-state index contributed by atoms with van der Waals surface area (Å²) in [6, 6.07) is 7.46. The highest BCUT2D eigenvalue weighted by Crippen LogP contribution is 2.19. The number of nitrogens with one attached hydrogen (secondary N) is 1. The highest BCUT2D eigenvalue weighted by Gasteiger charge is 2.15. The number of esters is 1. The maximum atomic E-state index is 11.8. The zero-order valence-corrected chi connectivity index (χ0v) is 13.3. The van der Waals surface area contributed by atoms with Crippen molar-refractivity contribution in [2.75, 3.05) is 6.61 Å².